The fourth-order valence-electron chi connectivity index (χ4n) is 3.77. The normalized spacial score (nSPS) is 20.4. The number of benzene rings is 1. The molecule has 0 spiro atoms. The topological polar surface area (TPSA) is 83.8 Å². The zero-order valence-corrected chi connectivity index (χ0v) is 17.9. The first-order valence-corrected chi connectivity index (χ1v) is 11.4. The van der Waals surface area contributed by atoms with E-state index in [0.717, 1.165) is 35.5 Å². The van der Waals surface area contributed by atoms with Crippen molar-refractivity contribution in [1.82, 2.24) is 0 Å². The number of aliphatic hydroxyl groups excluding tert-OH is 1. The van der Waals surface area contributed by atoms with Crippen LogP contribution in [0.1, 0.15) is 43.2 Å². The SMILES string of the molecule is COCc1cccc(CC(O)/C=C/[C@H]2CCC(=O)[C@@H]2CCSCCCC(=O)O)c1. The maximum atomic E-state index is 12.2. The summed E-state index contributed by atoms with van der Waals surface area (Å²) in [5.41, 5.74) is 2.15. The second-order valence-electron chi connectivity index (χ2n) is 7.58. The molecule has 0 radical (unpaired) electrons. The Bertz CT molecular complexity index is 688. The smallest absolute Gasteiger partial charge is 0.303 e. The molecule has 1 saturated carbocycles. The van der Waals surface area contributed by atoms with Gasteiger partial charge in [0.2, 0.25) is 0 Å². The van der Waals surface area contributed by atoms with Crippen LogP contribution < -0.4 is 0 Å². The zero-order valence-electron chi connectivity index (χ0n) is 17.1. The molecule has 0 heterocycles. The number of methoxy groups -OCH3 is 1. The van der Waals surface area contributed by atoms with E-state index in [4.69, 9.17) is 9.84 Å². The van der Waals surface area contributed by atoms with Gasteiger partial charge in [-0.25, -0.2) is 0 Å². The number of carboxylic acid groups (broad SMARTS) is 1. The number of Topliss-reactive ketones (excluding diaryl/α,β-unsaturated/α-hetero) is 1. The Morgan fingerprint density at radius 2 is 2.14 bits per heavy atom. The molecule has 6 heteroatoms. The third-order valence-electron chi connectivity index (χ3n) is 5.23. The fraction of sp³-hybridized carbons (Fsp3) is 0.565. The molecule has 0 saturated heterocycles. The Hall–Kier alpha value is -1.63. The van der Waals surface area contributed by atoms with Crippen molar-refractivity contribution in [3.63, 3.8) is 0 Å². The number of thioether (sulfide) groups is 1. The molecule has 2 rings (SSSR count). The molecule has 0 amide bonds. The lowest BCUT2D eigenvalue weighted by molar-refractivity contribution is -0.137. The summed E-state index contributed by atoms with van der Waals surface area (Å²) in [5.74, 6) is 1.45. The molecule has 1 fully saturated rings. The van der Waals surface area contributed by atoms with Crippen molar-refractivity contribution in [1.29, 1.82) is 0 Å². The maximum Gasteiger partial charge on any atom is 0.303 e. The quantitative estimate of drug-likeness (QED) is 0.372. The first-order chi connectivity index (χ1) is 14.0. The summed E-state index contributed by atoms with van der Waals surface area (Å²) in [5, 5.41) is 19.1. The number of carbonyl (C=O) groups is 2. The minimum atomic E-state index is -0.759. The molecule has 1 aromatic rings. The molecule has 1 aromatic carbocycles. The van der Waals surface area contributed by atoms with Crippen LogP contribution in [0.5, 0.6) is 0 Å². The summed E-state index contributed by atoms with van der Waals surface area (Å²) in [6.45, 7) is 0.556. The number of aliphatic hydroxyl groups is 1. The standard InChI is InChI=1S/C23H32O5S/c1-28-16-18-5-2-4-17(14-18)15-20(24)9-7-19-8-10-22(25)21(19)11-13-29-12-3-6-23(26)27/h2,4-5,7,9,14,19-21,24H,3,6,8,10-13,15-16H2,1H3,(H,26,27)/b9-7+/t19-,20?,21+/m0/s1. The third-order valence-corrected chi connectivity index (χ3v) is 6.34. The molecular weight excluding hydrogens is 388 g/mol. The third kappa shape index (κ3) is 8.72. The minimum Gasteiger partial charge on any atom is -0.481 e. The lowest BCUT2D eigenvalue weighted by Gasteiger charge is -2.15. The number of aliphatic carboxylic acids is 1. The van der Waals surface area contributed by atoms with Gasteiger partial charge >= 0.3 is 5.97 Å². The molecule has 29 heavy (non-hydrogen) atoms. The summed E-state index contributed by atoms with van der Waals surface area (Å²) < 4.78 is 5.15. The van der Waals surface area contributed by atoms with E-state index in [2.05, 4.69) is 0 Å². The molecule has 0 aliphatic heterocycles. The number of ketones is 1. The number of carbonyl (C=O) groups excluding carboxylic acids is 1. The molecule has 2 N–H and O–H groups in total. The molecule has 0 bridgehead atoms. The summed E-state index contributed by atoms with van der Waals surface area (Å²) in [4.78, 5) is 22.8. The van der Waals surface area contributed by atoms with Crippen molar-refractivity contribution in [3.8, 4) is 0 Å². The first kappa shape index (κ1) is 23.6. The molecule has 0 aromatic heterocycles. The molecule has 3 atom stereocenters. The van der Waals surface area contributed by atoms with Gasteiger partial charge in [-0.1, -0.05) is 36.4 Å². The van der Waals surface area contributed by atoms with Crippen LogP contribution in [0.25, 0.3) is 0 Å². The molecule has 5 nitrogen and oxygen atoms in total. The highest BCUT2D eigenvalue weighted by Gasteiger charge is 2.32. The molecular formula is C23H32O5S. The highest BCUT2D eigenvalue weighted by molar-refractivity contribution is 7.99. The Morgan fingerprint density at radius 3 is 2.90 bits per heavy atom. The number of hydrogen-bond donors (Lipinski definition) is 2. The Kier molecular flexibility index (Phi) is 10.5. The van der Waals surface area contributed by atoms with Gasteiger partial charge in [0.25, 0.3) is 0 Å². The lowest BCUT2D eigenvalue weighted by Crippen LogP contribution is -2.15. The van der Waals surface area contributed by atoms with Crippen molar-refractivity contribution in [3.05, 3.63) is 47.5 Å². The van der Waals surface area contributed by atoms with Crippen LogP contribution in [0, 0.1) is 11.8 Å². The van der Waals surface area contributed by atoms with E-state index < -0.39 is 12.1 Å². The number of ether oxygens (including phenoxy) is 1. The largest absolute Gasteiger partial charge is 0.481 e. The highest BCUT2D eigenvalue weighted by Crippen LogP contribution is 2.33. The van der Waals surface area contributed by atoms with Crippen LogP contribution in [-0.2, 0) is 27.4 Å². The average molecular weight is 421 g/mol. The summed E-state index contributed by atoms with van der Waals surface area (Å²) in [7, 11) is 1.66. The van der Waals surface area contributed by atoms with Gasteiger partial charge in [-0.15, -0.1) is 0 Å². The first-order valence-electron chi connectivity index (χ1n) is 10.2. The Labute approximate surface area is 177 Å². The Balaban J connectivity index is 1.79. The van der Waals surface area contributed by atoms with Gasteiger partial charge in [-0.2, -0.15) is 11.8 Å². The van der Waals surface area contributed by atoms with Gasteiger partial charge in [0, 0.05) is 32.3 Å². The van der Waals surface area contributed by atoms with Crippen LogP contribution in [0.15, 0.2) is 36.4 Å². The van der Waals surface area contributed by atoms with E-state index in [1.54, 1.807) is 18.9 Å². The summed E-state index contributed by atoms with van der Waals surface area (Å²) >= 11 is 1.72. The second kappa shape index (κ2) is 12.8. The minimum absolute atomic E-state index is 0.0236. The maximum absolute atomic E-state index is 12.2. The monoisotopic (exact) mass is 420 g/mol. The van der Waals surface area contributed by atoms with Gasteiger partial charge in [0.1, 0.15) is 5.78 Å². The summed E-state index contributed by atoms with van der Waals surface area (Å²) in [6, 6.07) is 8.02. The van der Waals surface area contributed by atoms with Crippen LogP contribution in [-0.4, -0.2) is 46.7 Å². The average Bonchev–Trinajstić information content (AvgIpc) is 3.03. The highest BCUT2D eigenvalue weighted by atomic mass is 32.2. The summed E-state index contributed by atoms with van der Waals surface area (Å²) in [6.07, 6.45) is 6.97. The second-order valence-corrected chi connectivity index (χ2v) is 8.81. The van der Waals surface area contributed by atoms with E-state index in [1.165, 1.54) is 0 Å². The zero-order chi connectivity index (χ0) is 21.1. The predicted molar refractivity (Wildman–Crippen MR) is 116 cm³/mol. The molecule has 1 unspecified atom stereocenters. The van der Waals surface area contributed by atoms with E-state index in [-0.39, 0.29) is 18.3 Å². The van der Waals surface area contributed by atoms with Crippen LogP contribution >= 0.6 is 11.8 Å². The van der Waals surface area contributed by atoms with Crippen molar-refractivity contribution in [2.45, 2.75) is 51.2 Å². The molecule has 160 valence electrons. The fourth-order valence-corrected chi connectivity index (χ4v) is 4.74. The van der Waals surface area contributed by atoms with Gasteiger partial charge < -0.3 is 14.9 Å². The van der Waals surface area contributed by atoms with E-state index >= 15 is 0 Å². The van der Waals surface area contributed by atoms with E-state index in [1.807, 2.05) is 36.4 Å². The van der Waals surface area contributed by atoms with E-state index in [0.29, 0.717) is 31.7 Å². The van der Waals surface area contributed by atoms with Crippen molar-refractivity contribution in [2.24, 2.45) is 11.8 Å². The van der Waals surface area contributed by atoms with Crippen molar-refractivity contribution < 1.29 is 24.5 Å². The number of hydrogen-bond acceptors (Lipinski definition) is 5. The predicted octanol–water partition coefficient (Wildman–Crippen LogP) is 3.88. The van der Waals surface area contributed by atoms with Crippen molar-refractivity contribution >= 4 is 23.5 Å². The number of carboxylic acids is 1. The number of rotatable bonds is 13. The van der Waals surface area contributed by atoms with Gasteiger partial charge in [-0.05, 0) is 47.8 Å². The molecule has 1 aliphatic carbocycles. The Morgan fingerprint density at radius 1 is 1.34 bits per heavy atom. The number of allylic oxidation sites excluding steroid dienone is 1. The van der Waals surface area contributed by atoms with Crippen LogP contribution in [0.2, 0.25) is 0 Å². The lowest BCUT2D eigenvalue weighted by atomic mass is 9.92. The molecule has 1 aliphatic rings. The van der Waals surface area contributed by atoms with Gasteiger partial charge in [0.05, 0.1) is 12.7 Å². The van der Waals surface area contributed by atoms with Crippen LogP contribution in [0.4, 0.5) is 0 Å². The van der Waals surface area contributed by atoms with E-state index in [9.17, 15) is 14.7 Å². The van der Waals surface area contributed by atoms with Crippen LogP contribution in [0.3, 0.4) is 0 Å². The van der Waals surface area contributed by atoms with Gasteiger partial charge in [-0.3, -0.25) is 9.59 Å². The van der Waals surface area contributed by atoms with Crippen molar-refractivity contribution in [2.75, 3.05) is 18.6 Å². The van der Waals surface area contributed by atoms with Gasteiger partial charge in [0.15, 0.2) is 0 Å².